The molecule has 1 fully saturated rings. The van der Waals surface area contributed by atoms with Gasteiger partial charge < -0.3 is 4.90 Å². The number of amides is 1. The maximum atomic E-state index is 12.0. The molecule has 0 atom stereocenters. The molecular formula is C12H14N4O. The van der Waals surface area contributed by atoms with E-state index in [0.29, 0.717) is 18.1 Å². The average molecular weight is 230 g/mol. The molecule has 0 unspecified atom stereocenters. The van der Waals surface area contributed by atoms with E-state index in [2.05, 4.69) is 15.0 Å². The summed E-state index contributed by atoms with van der Waals surface area (Å²) in [5, 5.41) is 0. The topological polar surface area (TPSA) is 57.4 Å². The van der Waals surface area contributed by atoms with Crippen LogP contribution < -0.4 is 0 Å². The number of aliphatic imine (C=N–C) groups is 3. The second-order valence-electron chi connectivity index (χ2n) is 4.41. The van der Waals surface area contributed by atoms with Crippen molar-refractivity contribution in [3.05, 3.63) is 12.3 Å². The molecule has 0 aliphatic carbocycles. The zero-order valence-electron chi connectivity index (χ0n) is 9.59. The summed E-state index contributed by atoms with van der Waals surface area (Å²) in [5.41, 5.74) is 0.784. The monoisotopic (exact) mass is 230 g/mol. The Labute approximate surface area is 99.7 Å². The van der Waals surface area contributed by atoms with Crippen molar-refractivity contribution in [1.82, 2.24) is 4.90 Å². The zero-order valence-corrected chi connectivity index (χ0v) is 9.59. The van der Waals surface area contributed by atoms with E-state index in [1.165, 1.54) is 6.42 Å². The summed E-state index contributed by atoms with van der Waals surface area (Å²) >= 11 is 0. The van der Waals surface area contributed by atoms with Gasteiger partial charge in [0.25, 0.3) is 0 Å². The van der Waals surface area contributed by atoms with Crippen LogP contribution in [0.15, 0.2) is 27.3 Å². The number of nitrogens with zero attached hydrogens (tertiary/aromatic N) is 4. The first-order valence-corrected chi connectivity index (χ1v) is 6.02. The van der Waals surface area contributed by atoms with Crippen molar-refractivity contribution in [2.24, 2.45) is 15.0 Å². The molecule has 1 amide bonds. The van der Waals surface area contributed by atoms with Crippen LogP contribution in [0.25, 0.3) is 0 Å². The molecule has 0 aromatic heterocycles. The lowest BCUT2D eigenvalue weighted by Crippen LogP contribution is -2.36. The molecule has 0 aromatic rings. The quantitative estimate of drug-likeness (QED) is 0.702. The van der Waals surface area contributed by atoms with Crippen LogP contribution >= 0.6 is 0 Å². The fraction of sp³-hybridized carbons (Fsp3) is 0.500. The van der Waals surface area contributed by atoms with Crippen molar-refractivity contribution in [1.29, 1.82) is 0 Å². The fourth-order valence-corrected chi connectivity index (χ4v) is 2.25. The predicted octanol–water partition coefficient (Wildman–Crippen LogP) is 1.17. The standard InChI is InChI=1S/C12H14N4O/c17-11(16-6-2-1-3-7-16)8-10-14-9-4-5-13-12(9)15-10/h4-5H,1-3,6-8H2. The molecule has 0 saturated carbocycles. The first-order valence-electron chi connectivity index (χ1n) is 6.02. The molecule has 1 saturated heterocycles. The Hall–Kier alpha value is -1.78. The van der Waals surface area contributed by atoms with Crippen molar-refractivity contribution in [3.63, 3.8) is 0 Å². The Bertz CT molecular complexity index is 467. The van der Waals surface area contributed by atoms with E-state index in [0.717, 1.165) is 31.6 Å². The summed E-state index contributed by atoms with van der Waals surface area (Å²) in [7, 11) is 0. The largest absolute Gasteiger partial charge is 0.342 e. The number of amidine groups is 2. The van der Waals surface area contributed by atoms with Crippen LogP contribution in [-0.2, 0) is 4.79 Å². The molecule has 88 valence electrons. The third kappa shape index (κ3) is 2.05. The van der Waals surface area contributed by atoms with Crippen molar-refractivity contribution >= 4 is 23.3 Å². The van der Waals surface area contributed by atoms with Gasteiger partial charge in [-0.25, -0.2) is 15.0 Å². The van der Waals surface area contributed by atoms with Crippen LogP contribution in [0.5, 0.6) is 0 Å². The second-order valence-corrected chi connectivity index (χ2v) is 4.41. The molecule has 0 aromatic carbocycles. The normalized spacial score (nSPS) is 22.1. The van der Waals surface area contributed by atoms with E-state index in [1.54, 1.807) is 6.20 Å². The number of hydrogen-bond acceptors (Lipinski definition) is 4. The van der Waals surface area contributed by atoms with Crippen molar-refractivity contribution in [3.8, 4) is 0 Å². The van der Waals surface area contributed by atoms with E-state index in [9.17, 15) is 4.79 Å². The van der Waals surface area contributed by atoms with Crippen molar-refractivity contribution < 1.29 is 4.79 Å². The lowest BCUT2D eigenvalue weighted by molar-refractivity contribution is -0.130. The number of rotatable bonds is 2. The summed E-state index contributed by atoms with van der Waals surface area (Å²) in [6.07, 6.45) is 7.26. The lowest BCUT2D eigenvalue weighted by atomic mass is 10.1. The van der Waals surface area contributed by atoms with Gasteiger partial charge in [0.2, 0.25) is 5.91 Å². The van der Waals surface area contributed by atoms with E-state index in [-0.39, 0.29) is 5.91 Å². The third-order valence-electron chi connectivity index (χ3n) is 3.16. The SMILES string of the molecule is O=C(CC1=NC2=NC=CC2=N1)N1CCCCC1. The Kier molecular flexibility index (Phi) is 2.59. The summed E-state index contributed by atoms with van der Waals surface area (Å²) < 4.78 is 0. The van der Waals surface area contributed by atoms with Crippen molar-refractivity contribution in [2.75, 3.05) is 13.1 Å². The number of hydrogen-bond donors (Lipinski definition) is 0. The van der Waals surface area contributed by atoms with Gasteiger partial charge in [-0.2, -0.15) is 0 Å². The van der Waals surface area contributed by atoms with Crippen LogP contribution in [0, 0.1) is 0 Å². The molecule has 5 nitrogen and oxygen atoms in total. The van der Waals surface area contributed by atoms with E-state index >= 15 is 0 Å². The van der Waals surface area contributed by atoms with E-state index < -0.39 is 0 Å². The average Bonchev–Trinajstić information content (AvgIpc) is 2.90. The minimum atomic E-state index is 0.136. The summed E-state index contributed by atoms with van der Waals surface area (Å²) in [6.45, 7) is 1.76. The first-order chi connectivity index (χ1) is 8.33. The molecule has 5 heteroatoms. The minimum absolute atomic E-state index is 0.136. The highest BCUT2D eigenvalue weighted by Crippen LogP contribution is 2.13. The Morgan fingerprint density at radius 1 is 1.24 bits per heavy atom. The van der Waals surface area contributed by atoms with Gasteiger partial charge in [-0.15, -0.1) is 0 Å². The van der Waals surface area contributed by atoms with Gasteiger partial charge in [0.15, 0.2) is 5.84 Å². The second kappa shape index (κ2) is 4.24. The lowest BCUT2D eigenvalue weighted by Gasteiger charge is -2.26. The van der Waals surface area contributed by atoms with Gasteiger partial charge in [-0.05, 0) is 25.3 Å². The van der Waals surface area contributed by atoms with Crippen LogP contribution in [-0.4, -0.2) is 41.3 Å². The van der Waals surface area contributed by atoms with Crippen molar-refractivity contribution in [2.45, 2.75) is 25.7 Å². The highest BCUT2D eigenvalue weighted by Gasteiger charge is 2.23. The number of carbonyl (C=O) groups is 1. The highest BCUT2D eigenvalue weighted by atomic mass is 16.2. The van der Waals surface area contributed by atoms with Crippen LogP contribution in [0.3, 0.4) is 0 Å². The van der Waals surface area contributed by atoms with Gasteiger partial charge in [-0.1, -0.05) is 0 Å². The van der Waals surface area contributed by atoms with Gasteiger partial charge in [0.1, 0.15) is 11.5 Å². The zero-order chi connectivity index (χ0) is 11.7. The molecule has 0 N–H and O–H groups in total. The van der Waals surface area contributed by atoms with Gasteiger partial charge in [0, 0.05) is 19.3 Å². The van der Waals surface area contributed by atoms with E-state index in [4.69, 9.17) is 0 Å². The van der Waals surface area contributed by atoms with Gasteiger partial charge >= 0.3 is 0 Å². The molecule has 0 spiro atoms. The third-order valence-corrected chi connectivity index (χ3v) is 3.16. The fourth-order valence-electron chi connectivity index (χ4n) is 2.25. The molecule has 17 heavy (non-hydrogen) atoms. The summed E-state index contributed by atoms with van der Waals surface area (Å²) in [4.78, 5) is 26.5. The molecule has 3 aliphatic heterocycles. The Balaban J connectivity index is 1.63. The van der Waals surface area contributed by atoms with Crippen LogP contribution in [0.1, 0.15) is 25.7 Å². The molecule has 3 rings (SSSR count). The van der Waals surface area contributed by atoms with Gasteiger partial charge in [-0.3, -0.25) is 4.79 Å². The van der Waals surface area contributed by atoms with Crippen LogP contribution in [0.4, 0.5) is 0 Å². The number of piperidine rings is 1. The number of fused-ring (bicyclic) bond motifs is 1. The maximum absolute atomic E-state index is 12.0. The maximum Gasteiger partial charge on any atom is 0.230 e. The molecular weight excluding hydrogens is 216 g/mol. The number of carbonyl (C=O) groups excluding carboxylic acids is 1. The smallest absolute Gasteiger partial charge is 0.230 e. The molecule has 3 aliphatic rings. The summed E-state index contributed by atoms with van der Waals surface area (Å²) in [6, 6.07) is 0. The Morgan fingerprint density at radius 2 is 2.06 bits per heavy atom. The van der Waals surface area contributed by atoms with Gasteiger partial charge in [0.05, 0.1) is 6.42 Å². The molecule has 3 heterocycles. The molecule has 0 radical (unpaired) electrons. The summed E-state index contributed by atoms with van der Waals surface area (Å²) in [5.74, 6) is 1.38. The van der Waals surface area contributed by atoms with Crippen LogP contribution in [0.2, 0.25) is 0 Å². The van der Waals surface area contributed by atoms with E-state index in [1.807, 2.05) is 11.0 Å². The highest BCUT2D eigenvalue weighted by molar-refractivity contribution is 6.53. The molecule has 0 bridgehead atoms. The Morgan fingerprint density at radius 3 is 2.82 bits per heavy atom. The first kappa shape index (κ1) is 10.4. The predicted molar refractivity (Wildman–Crippen MR) is 66.5 cm³/mol. The minimum Gasteiger partial charge on any atom is -0.342 e. The number of likely N-dealkylation sites (tertiary alicyclic amines) is 1.